The van der Waals surface area contributed by atoms with Crippen LogP contribution in [0.4, 0.5) is 4.39 Å². The van der Waals surface area contributed by atoms with Crippen molar-refractivity contribution in [3.63, 3.8) is 0 Å². The zero-order valence-corrected chi connectivity index (χ0v) is 8.96. The Kier molecular flexibility index (Phi) is 2.52. The third kappa shape index (κ3) is 1.77. The molecule has 1 aliphatic rings. The van der Waals surface area contributed by atoms with Gasteiger partial charge < -0.3 is 9.84 Å². The SMILES string of the molecule is Cc1cc(F)cc(C2(O)CCOC2C)c1. The summed E-state index contributed by atoms with van der Waals surface area (Å²) in [5.41, 5.74) is 0.398. The van der Waals surface area contributed by atoms with Crippen molar-refractivity contribution < 1.29 is 14.2 Å². The van der Waals surface area contributed by atoms with Gasteiger partial charge in [-0.15, -0.1) is 0 Å². The van der Waals surface area contributed by atoms with Gasteiger partial charge in [-0.1, -0.05) is 6.07 Å². The summed E-state index contributed by atoms with van der Waals surface area (Å²) in [4.78, 5) is 0. The molecule has 0 spiro atoms. The maximum Gasteiger partial charge on any atom is 0.123 e. The lowest BCUT2D eigenvalue weighted by Crippen LogP contribution is -2.33. The van der Waals surface area contributed by atoms with Crippen LogP contribution in [-0.4, -0.2) is 17.8 Å². The number of rotatable bonds is 1. The van der Waals surface area contributed by atoms with E-state index < -0.39 is 5.60 Å². The molecular weight excluding hydrogens is 195 g/mol. The molecule has 2 nitrogen and oxygen atoms in total. The molecular formula is C12H15FO2. The first-order chi connectivity index (χ1) is 7.02. The molecule has 2 rings (SSSR count). The van der Waals surface area contributed by atoms with E-state index in [1.54, 1.807) is 0 Å². The van der Waals surface area contributed by atoms with Gasteiger partial charge in [0.15, 0.2) is 0 Å². The molecule has 3 heteroatoms. The average molecular weight is 210 g/mol. The van der Waals surface area contributed by atoms with Crippen molar-refractivity contribution in [1.82, 2.24) is 0 Å². The van der Waals surface area contributed by atoms with E-state index in [4.69, 9.17) is 4.74 Å². The molecule has 1 saturated heterocycles. The third-order valence-corrected chi connectivity index (χ3v) is 3.07. The number of halogens is 1. The predicted molar refractivity (Wildman–Crippen MR) is 55.1 cm³/mol. The molecule has 1 heterocycles. The van der Waals surface area contributed by atoms with Gasteiger partial charge in [0.1, 0.15) is 11.4 Å². The van der Waals surface area contributed by atoms with Gasteiger partial charge in [-0.25, -0.2) is 4.39 Å². The molecule has 82 valence electrons. The molecule has 0 radical (unpaired) electrons. The number of aryl methyl sites for hydroxylation is 1. The summed E-state index contributed by atoms with van der Waals surface area (Å²) in [6.45, 7) is 4.15. The van der Waals surface area contributed by atoms with E-state index in [0.717, 1.165) is 5.56 Å². The normalized spacial score (nSPS) is 30.8. The van der Waals surface area contributed by atoms with Crippen LogP contribution >= 0.6 is 0 Å². The first-order valence-electron chi connectivity index (χ1n) is 5.14. The lowest BCUT2D eigenvalue weighted by molar-refractivity contribution is -0.0319. The molecule has 0 aliphatic carbocycles. The van der Waals surface area contributed by atoms with E-state index in [-0.39, 0.29) is 11.9 Å². The van der Waals surface area contributed by atoms with Gasteiger partial charge in [0.05, 0.1) is 12.7 Å². The van der Waals surface area contributed by atoms with Crippen LogP contribution in [0.3, 0.4) is 0 Å². The fourth-order valence-electron chi connectivity index (χ4n) is 2.10. The number of aliphatic hydroxyl groups is 1. The van der Waals surface area contributed by atoms with Gasteiger partial charge in [0, 0.05) is 6.42 Å². The molecule has 1 N–H and O–H groups in total. The maximum atomic E-state index is 13.2. The zero-order valence-electron chi connectivity index (χ0n) is 8.96. The summed E-state index contributed by atoms with van der Waals surface area (Å²) in [7, 11) is 0. The Hall–Kier alpha value is -0.930. The number of hydrogen-bond acceptors (Lipinski definition) is 2. The third-order valence-electron chi connectivity index (χ3n) is 3.07. The van der Waals surface area contributed by atoms with Crippen LogP contribution < -0.4 is 0 Å². The number of ether oxygens (including phenoxy) is 1. The summed E-state index contributed by atoms with van der Waals surface area (Å²) in [6.07, 6.45) is 0.246. The molecule has 15 heavy (non-hydrogen) atoms. The standard InChI is InChI=1S/C12H15FO2/c1-8-5-10(7-11(13)6-8)12(14)3-4-15-9(12)2/h5-7,9,14H,3-4H2,1-2H3. The molecule has 2 unspecified atom stereocenters. The summed E-state index contributed by atoms with van der Waals surface area (Å²) in [6, 6.07) is 4.65. The molecule has 1 aliphatic heterocycles. The maximum absolute atomic E-state index is 13.2. The minimum Gasteiger partial charge on any atom is -0.382 e. The Balaban J connectivity index is 2.44. The van der Waals surface area contributed by atoms with Crippen LogP contribution in [0, 0.1) is 12.7 Å². The Bertz CT molecular complexity index is 358. The van der Waals surface area contributed by atoms with Crippen molar-refractivity contribution in [1.29, 1.82) is 0 Å². The van der Waals surface area contributed by atoms with Crippen molar-refractivity contribution in [3.8, 4) is 0 Å². The molecule has 0 bridgehead atoms. The Morgan fingerprint density at radius 2 is 2.20 bits per heavy atom. The largest absolute Gasteiger partial charge is 0.382 e. The highest BCUT2D eigenvalue weighted by molar-refractivity contribution is 5.30. The molecule has 1 aromatic carbocycles. The van der Waals surface area contributed by atoms with Crippen LogP contribution in [0.1, 0.15) is 24.5 Å². The lowest BCUT2D eigenvalue weighted by Gasteiger charge is -2.26. The van der Waals surface area contributed by atoms with Crippen LogP contribution in [0.5, 0.6) is 0 Å². The lowest BCUT2D eigenvalue weighted by atomic mass is 9.87. The monoisotopic (exact) mass is 210 g/mol. The van der Waals surface area contributed by atoms with Crippen LogP contribution in [0.25, 0.3) is 0 Å². The molecule has 1 fully saturated rings. The van der Waals surface area contributed by atoms with E-state index in [1.807, 2.05) is 19.9 Å². The predicted octanol–water partition coefficient (Wildman–Crippen LogP) is 2.13. The smallest absolute Gasteiger partial charge is 0.123 e. The minimum absolute atomic E-state index is 0.279. The van der Waals surface area contributed by atoms with Gasteiger partial charge in [0.25, 0.3) is 0 Å². The van der Waals surface area contributed by atoms with Crippen molar-refractivity contribution in [2.75, 3.05) is 6.61 Å². The van der Waals surface area contributed by atoms with Crippen molar-refractivity contribution in [3.05, 3.63) is 35.1 Å². The van der Waals surface area contributed by atoms with Crippen LogP contribution in [0.2, 0.25) is 0 Å². The second-order valence-corrected chi connectivity index (χ2v) is 4.20. The zero-order chi connectivity index (χ0) is 11.1. The highest BCUT2D eigenvalue weighted by Gasteiger charge is 2.41. The summed E-state index contributed by atoms with van der Waals surface area (Å²) >= 11 is 0. The molecule has 2 atom stereocenters. The van der Waals surface area contributed by atoms with E-state index >= 15 is 0 Å². The highest BCUT2D eigenvalue weighted by atomic mass is 19.1. The Morgan fingerprint density at radius 1 is 1.47 bits per heavy atom. The Morgan fingerprint density at radius 3 is 2.73 bits per heavy atom. The fraction of sp³-hybridized carbons (Fsp3) is 0.500. The van der Waals surface area contributed by atoms with E-state index in [1.165, 1.54) is 12.1 Å². The van der Waals surface area contributed by atoms with Crippen molar-refractivity contribution in [2.45, 2.75) is 32.0 Å². The van der Waals surface area contributed by atoms with Gasteiger partial charge in [-0.3, -0.25) is 0 Å². The molecule has 0 saturated carbocycles. The summed E-state index contributed by atoms with van der Waals surface area (Å²) in [5.74, 6) is -0.308. The van der Waals surface area contributed by atoms with E-state index in [9.17, 15) is 9.50 Å². The van der Waals surface area contributed by atoms with Crippen LogP contribution in [0.15, 0.2) is 18.2 Å². The fourth-order valence-corrected chi connectivity index (χ4v) is 2.10. The van der Waals surface area contributed by atoms with Gasteiger partial charge in [0.2, 0.25) is 0 Å². The van der Waals surface area contributed by atoms with Gasteiger partial charge in [-0.2, -0.15) is 0 Å². The second-order valence-electron chi connectivity index (χ2n) is 4.20. The van der Waals surface area contributed by atoms with Crippen molar-refractivity contribution in [2.24, 2.45) is 0 Å². The highest BCUT2D eigenvalue weighted by Crippen LogP contribution is 2.36. The first-order valence-corrected chi connectivity index (χ1v) is 5.14. The average Bonchev–Trinajstić information content (AvgIpc) is 2.47. The van der Waals surface area contributed by atoms with Crippen LogP contribution in [-0.2, 0) is 10.3 Å². The molecule has 0 amide bonds. The topological polar surface area (TPSA) is 29.5 Å². The summed E-state index contributed by atoms with van der Waals surface area (Å²) in [5, 5.41) is 10.4. The molecule has 0 aromatic heterocycles. The molecule has 1 aromatic rings. The Labute approximate surface area is 88.7 Å². The first kappa shape index (κ1) is 10.6. The van der Waals surface area contributed by atoms with E-state index in [0.29, 0.717) is 18.6 Å². The summed E-state index contributed by atoms with van der Waals surface area (Å²) < 4.78 is 18.6. The van der Waals surface area contributed by atoms with Gasteiger partial charge in [-0.05, 0) is 37.1 Å². The van der Waals surface area contributed by atoms with E-state index in [2.05, 4.69) is 0 Å². The van der Waals surface area contributed by atoms with Gasteiger partial charge >= 0.3 is 0 Å². The second kappa shape index (κ2) is 3.58. The number of benzene rings is 1. The van der Waals surface area contributed by atoms with Crippen molar-refractivity contribution >= 4 is 0 Å². The number of hydrogen-bond donors (Lipinski definition) is 1. The quantitative estimate of drug-likeness (QED) is 0.769. The minimum atomic E-state index is -1.03.